The molecule has 1 amide bonds. The molecular formula is C22H16ClN3O3. The number of hydrogen-bond donors (Lipinski definition) is 1. The number of pyridine rings is 1. The van der Waals surface area contributed by atoms with Gasteiger partial charge in [-0.1, -0.05) is 17.7 Å². The Morgan fingerprint density at radius 1 is 1.03 bits per heavy atom. The highest BCUT2D eigenvalue weighted by Gasteiger charge is 2.07. The zero-order valence-electron chi connectivity index (χ0n) is 15.2. The lowest BCUT2D eigenvalue weighted by atomic mass is 10.2. The average molecular weight is 406 g/mol. The maximum atomic E-state index is 12.2. The van der Waals surface area contributed by atoms with Crippen molar-refractivity contribution in [2.45, 2.75) is 6.61 Å². The van der Waals surface area contributed by atoms with Gasteiger partial charge in [0.25, 0.3) is 11.5 Å². The van der Waals surface area contributed by atoms with Crippen LogP contribution in [-0.2, 0) is 6.61 Å². The van der Waals surface area contributed by atoms with Gasteiger partial charge in [-0.15, -0.1) is 0 Å². The molecule has 4 aromatic rings. The lowest BCUT2D eigenvalue weighted by molar-refractivity contribution is 0.102. The van der Waals surface area contributed by atoms with Crippen LogP contribution < -0.4 is 15.6 Å². The Morgan fingerprint density at radius 2 is 1.79 bits per heavy atom. The zero-order chi connectivity index (χ0) is 20.2. The predicted octanol–water partition coefficient (Wildman–Crippen LogP) is 4.18. The quantitative estimate of drug-likeness (QED) is 0.540. The minimum Gasteiger partial charge on any atom is -0.487 e. The number of aromatic nitrogens is 2. The summed E-state index contributed by atoms with van der Waals surface area (Å²) >= 11 is 5.84. The van der Waals surface area contributed by atoms with Crippen molar-refractivity contribution in [2.75, 3.05) is 5.32 Å². The number of hydrogen-bond acceptors (Lipinski definition) is 4. The van der Waals surface area contributed by atoms with Crippen molar-refractivity contribution in [1.82, 2.24) is 9.38 Å². The molecule has 0 aliphatic heterocycles. The van der Waals surface area contributed by atoms with Crippen LogP contribution in [-0.4, -0.2) is 15.3 Å². The molecule has 0 saturated heterocycles. The van der Waals surface area contributed by atoms with Crippen molar-refractivity contribution in [2.24, 2.45) is 0 Å². The van der Waals surface area contributed by atoms with Crippen molar-refractivity contribution in [3.63, 3.8) is 0 Å². The topological polar surface area (TPSA) is 72.7 Å². The molecule has 0 atom stereocenters. The third-order valence-corrected chi connectivity index (χ3v) is 4.48. The summed E-state index contributed by atoms with van der Waals surface area (Å²) in [6.45, 7) is 0.164. The SMILES string of the molecule is O=C(Nc1ccc(OCc2cc(=O)n3ccccc3n2)cc1)c1ccc(Cl)cc1. The average Bonchev–Trinajstić information content (AvgIpc) is 2.74. The Kier molecular flexibility index (Phi) is 5.27. The highest BCUT2D eigenvalue weighted by atomic mass is 35.5. The minimum atomic E-state index is -0.226. The molecule has 29 heavy (non-hydrogen) atoms. The molecule has 144 valence electrons. The first-order chi connectivity index (χ1) is 14.1. The number of rotatable bonds is 5. The second-order valence-corrected chi connectivity index (χ2v) is 6.73. The van der Waals surface area contributed by atoms with Gasteiger partial charge in [0.15, 0.2) is 0 Å². The predicted molar refractivity (Wildman–Crippen MR) is 112 cm³/mol. The summed E-state index contributed by atoms with van der Waals surface area (Å²) in [5, 5.41) is 3.39. The van der Waals surface area contributed by atoms with Crippen LogP contribution in [0.15, 0.2) is 83.8 Å². The second-order valence-electron chi connectivity index (χ2n) is 6.29. The van der Waals surface area contributed by atoms with E-state index < -0.39 is 0 Å². The van der Waals surface area contributed by atoms with E-state index >= 15 is 0 Å². The first kappa shape index (κ1) is 18.7. The van der Waals surface area contributed by atoms with Gasteiger partial charge in [0.05, 0.1) is 5.69 Å². The van der Waals surface area contributed by atoms with Crippen LogP contribution in [0.3, 0.4) is 0 Å². The fourth-order valence-electron chi connectivity index (χ4n) is 2.77. The number of carbonyl (C=O) groups is 1. The standard InChI is InChI=1S/C22H16ClN3O3/c23-16-6-4-15(5-7-16)22(28)25-17-8-10-19(11-9-17)29-14-18-13-21(27)26-12-2-1-3-20(26)24-18/h1-13H,14H2,(H,25,28). The van der Waals surface area contributed by atoms with Crippen LogP contribution in [0.2, 0.25) is 5.02 Å². The van der Waals surface area contributed by atoms with Crippen LogP contribution >= 0.6 is 11.6 Å². The lowest BCUT2D eigenvalue weighted by Gasteiger charge is -2.09. The van der Waals surface area contributed by atoms with E-state index in [9.17, 15) is 9.59 Å². The molecule has 0 unspecified atom stereocenters. The van der Waals surface area contributed by atoms with Crippen LogP contribution in [0.4, 0.5) is 5.69 Å². The van der Waals surface area contributed by atoms with Gasteiger partial charge in [-0.25, -0.2) is 4.98 Å². The number of nitrogens with one attached hydrogen (secondary N) is 1. The van der Waals surface area contributed by atoms with E-state index in [1.165, 1.54) is 10.5 Å². The Labute approximate surface area is 171 Å². The van der Waals surface area contributed by atoms with E-state index in [1.54, 1.807) is 66.9 Å². The summed E-state index contributed by atoms with van der Waals surface area (Å²) in [5.41, 5.74) is 2.11. The highest BCUT2D eigenvalue weighted by molar-refractivity contribution is 6.30. The van der Waals surface area contributed by atoms with Gasteiger partial charge in [0.1, 0.15) is 18.0 Å². The molecule has 0 saturated carbocycles. The molecule has 1 N–H and O–H groups in total. The Morgan fingerprint density at radius 3 is 2.55 bits per heavy atom. The highest BCUT2D eigenvalue weighted by Crippen LogP contribution is 2.18. The largest absolute Gasteiger partial charge is 0.487 e. The van der Waals surface area contributed by atoms with Gasteiger partial charge in [-0.05, 0) is 60.7 Å². The molecule has 0 bridgehead atoms. The molecule has 4 rings (SSSR count). The van der Waals surface area contributed by atoms with E-state index in [1.807, 2.05) is 6.07 Å². The summed E-state index contributed by atoms with van der Waals surface area (Å²) in [6, 6.07) is 20.4. The lowest BCUT2D eigenvalue weighted by Crippen LogP contribution is -2.16. The smallest absolute Gasteiger partial charge is 0.258 e. The van der Waals surface area contributed by atoms with Crippen LogP contribution in [0.25, 0.3) is 5.65 Å². The molecule has 0 radical (unpaired) electrons. The number of carbonyl (C=O) groups excluding carboxylic acids is 1. The number of anilines is 1. The van der Waals surface area contributed by atoms with Gasteiger partial charge in [-0.3, -0.25) is 14.0 Å². The molecular weight excluding hydrogens is 390 g/mol. The number of amides is 1. The summed E-state index contributed by atoms with van der Waals surface area (Å²) in [6.07, 6.45) is 1.67. The van der Waals surface area contributed by atoms with Crippen molar-refractivity contribution in [3.8, 4) is 5.75 Å². The van der Waals surface area contributed by atoms with E-state index in [-0.39, 0.29) is 18.1 Å². The monoisotopic (exact) mass is 405 g/mol. The Hall–Kier alpha value is -3.64. The van der Waals surface area contributed by atoms with Crippen molar-refractivity contribution in [3.05, 3.63) is 106 Å². The minimum absolute atomic E-state index is 0.158. The maximum Gasteiger partial charge on any atom is 0.258 e. The molecule has 0 spiro atoms. The first-order valence-electron chi connectivity index (χ1n) is 8.85. The molecule has 7 heteroatoms. The maximum absolute atomic E-state index is 12.2. The van der Waals surface area contributed by atoms with E-state index in [0.29, 0.717) is 33.4 Å². The van der Waals surface area contributed by atoms with Crippen LogP contribution in [0, 0.1) is 0 Å². The normalized spacial score (nSPS) is 10.7. The van der Waals surface area contributed by atoms with E-state index in [4.69, 9.17) is 16.3 Å². The zero-order valence-corrected chi connectivity index (χ0v) is 16.0. The summed E-state index contributed by atoms with van der Waals surface area (Å²) < 4.78 is 7.19. The fourth-order valence-corrected chi connectivity index (χ4v) is 2.90. The van der Waals surface area contributed by atoms with Crippen molar-refractivity contribution in [1.29, 1.82) is 0 Å². The molecule has 6 nitrogen and oxygen atoms in total. The number of fused-ring (bicyclic) bond motifs is 1. The van der Waals surface area contributed by atoms with Crippen LogP contribution in [0.1, 0.15) is 16.1 Å². The fraction of sp³-hybridized carbons (Fsp3) is 0.0455. The van der Waals surface area contributed by atoms with Gasteiger partial charge in [0, 0.05) is 28.5 Å². The summed E-state index contributed by atoms with van der Waals surface area (Å²) in [4.78, 5) is 28.8. The molecule has 2 aromatic carbocycles. The number of benzene rings is 2. The number of halogens is 1. The van der Waals surface area contributed by atoms with Gasteiger partial charge >= 0.3 is 0 Å². The summed E-state index contributed by atoms with van der Waals surface area (Å²) in [7, 11) is 0. The Balaban J connectivity index is 1.40. The van der Waals surface area contributed by atoms with E-state index in [0.717, 1.165) is 0 Å². The summed E-state index contributed by atoms with van der Waals surface area (Å²) in [5.74, 6) is 0.376. The molecule has 0 aliphatic carbocycles. The first-order valence-corrected chi connectivity index (χ1v) is 9.23. The van der Waals surface area contributed by atoms with E-state index in [2.05, 4.69) is 10.3 Å². The van der Waals surface area contributed by atoms with Gasteiger partial charge < -0.3 is 10.1 Å². The van der Waals surface area contributed by atoms with Gasteiger partial charge in [0.2, 0.25) is 0 Å². The van der Waals surface area contributed by atoms with Crippen molar-refractivity contribution >= 4 is 28.8 Å². The van der Waals surface area contributed by atoms with Crippen LogP contribution in [0.5, 0.6) is 5.75 Å². The molecule has 0 fully saturated rings. The van der Waals surface area contributed by atoms with Crippen molar-refractivity contribution < 1.29 is 9.53 Å². The van der Waals surface area contributed by atoms with Gasteiger partial charge in [-0.2, -0.15) is 0 Å². The third-order valence-electron chi connectivity index (χ3n) is 4.23. The second kappa shape index (κ2) is 8.16. The molecule has 2 aromatic heterocycles. The number of ether oxygens (including phenoxy) is 1. The third kappa shape index (κ3) is 4.44. The number of nitrogens with zero attached hydrogens (tertiary/aromatic N) is 2. The Bertz CT molecular complexity index is 1220. The molecule has 0 aliphatic rings. The molecule has 2 heterocycles.